The predicted octanol–water partition coefficient (Wildman–Crippen LogP) is 5.05. The molecule has 0 saturated carbocycles. The van der Waals surface area contributed by atoms with Crippen LogP contribution in [0.25, 0.3) is 11.1 Å². The summed E-state index contributed by atoms with van der Waals surface area (Å²) >= 11 is 0. The van der Waals surface area contributed by atoms with Gasteiger partial charge in [-0.05, 0) is 66.9 Å². The monoisotopic (exact) mass is 489 g/mol. The minimum atomic E-state index is -2.80. The van der Waals surface area contributed by atoms with E-state index in [1.54, 1.807) is 30.3 Å². The van der Waals surface area contributed by atoms with E-state index >= 15 is 4.39 Å². The Labute approximate surface area is 206 Å². The van der Waals surface area contributed by atoms with Gasteiger partial charge in [0.05, 0.1) is 5.56 Å². The summed E-state index contributed by atoms with van der Waals surface area (Å²) in [7, 11) is 0. The molecule has 8 nitrogen and oxygen atoms in total. The number of likely N-dealkylation sites (tertiary alicyclic amines) is 1. The van der Waals surface area contributed by atoms with Crippen LogP contribution in [-0.4, -0.2) is 45.8 Å². The molecule has 0 radical (unpaired) electrons. The molecule has 3 aromatic carbocycles. The maximum Gasteiger partial charge on any atom is 0.373 e. The number of aromatic carboxylic acids is 1. The van der Waals surface area contributed by atoms with Gasteiger partial charge in [-0.3, -0.25) is 4.79 Å². The fourth-order valence-corrected chi connectivity index (χ4v) is 4.33. The number of nitrogens with zero attached hydrogens (tertiary/aromatic N) is 2. The van der Waals surface area contributed by atoms with Crippen LogP contribution < -0.4 is 10.1 Å². The number of benzene rings is 3. The number of hydrogen-bond donors (Lipinski definition) is 2. The number of aromatic nitrogens is 1. The lowest BCUT2D eigenvalue weighted by atomic mass is 9.99. The molecule has 0 bridgehead atoms. The molecule has 2 heterocycles. The van der Waals surface area contributed by atoms with Gasteiger partial charge in [-0.25, -0.2) is 14.7 Å². The van der Waals surface area contributed by atoms with Gasteiger partial charge in [-0.1, -0.05) is 24.3 Å². The predicted molar refractivity (Wildman–Crippen MR) is 130 cm³/mol. The van der Waals surface area contributed by atoms with E-state index in [2.05, 4.69) is 10.3 Å². The smallest absolute Gasteiger partial charge is 0.373 e. The molecule has 36 heavy (non-hydrogen) atoms. The number of alkyl halides is 1. The van der Waals surface area contributed by atoms with Crippen molar-refractivity contribution < 1.29 is 28.2 Å². The first-order chi connectivity index (χ1) is 17.4. The Morgan fingerprint density at radius 2 is 1.78 bits per heavy atom. The maximum atomic E-state index is 16.9. The zero-order valence-electron chi connectivity index (χ0n) is 19.3. The average molecular weight is 490 g/mol. The van der Waals surface area contributed by atoms with Crippen molar-refractivity contribution in [3.05, 3.63) is 90.3 Å². The molecule has 0 amide bonds. The van der Waals surface area contributed by atoms with Gasteiger partial charge < -0.3 is 19.6 Å². The van der Waals surface area contributed by atoms with Gasteiger partial charge >= 0.3 is 11.9 Å². The number of carboxylic acid groups (broad SMARTS) is 1. The first-order valence-electron chi connectivity index (χ1n) is 11.6. The average Bonchev–Trinajstić information content (AvgIpc) is 3.60. The highest BCUT2D eigenvalue weighted by Gasteiger charge is 2.51. The number of hydrogen-bond acceptors (Lipinski definition) is 7. The SMILES string of the molecule is O=C(O)c1ccc(OC(F)(C(=O)C(Nc2ccccc2)c2ccc3ncoc3c2)N2CCCC2)cc1. The number of ether oxygens (including phenoxy) is 1. The number of fused-ring (bicyclic) bond motifs is 1. The minimum absolute atomic E-state index is 0.0308. The van der Waals surface area contributed by atoms with Crippen LogP contribution in [0, 0.1) is 0 Å². The second-order valence-electron chi connectivity index (χ2n) is 8.57. The van der Waals surface area contributed by atoms with Crippen molar-refractivity contribution in [2.75, 3.05) is 18.4 Å². The number of Topliss-reactive ketones (excluding diaryl/α,β-unsaturated/α-hetero) is 1. The summed E-state index contributed by atoms with van der Waals surface area (Å²) in [5.41, 5.74) is 2.23. The third kappa shape index (κ3) is 4.65. The molecule has 2 N–H and O–H groups in total. The fourth-order valence-electron chi connectivity index (χ4n) is 4.33. The van der Waals surface area contributed by atoms with Crippen LogP contribution >= 0.6 is 0 Å². The lowest BCUT2D eigenvalue weighted by molar-refractivity contribution is -0.192. The van der Waals surface area contributed by atoms with Gasteiger partial charge in [0.1, 0.15) is 17.3 Å². The number of oxazole rings is 1. The first-order valence-corrected chi connectivity index (χ1v) is 11.6. The van der Waals surface area contributed by atoms with E-state index in [0.29, 0.717) is 35.4 Å². The number of carbonyl (C=O) groups excluding carboxylic acids is 1. The van der Waals surface area contributed by atoms with E-state index in [1.165, 1.54) is 35.6 Å². The van der Waals surface area contributed by atoms with Crippen LogP contribution in [0.15, 0.2) is 83.6 Å². The van der Waals surface area contributed by atoms with Gasteiger partial charge in [0.2, 0.25) is 0 Å². The molecule has 5 rings (SSSR count). The molecule has 2 unspecified atom stereocenters. The van der Waals surface area contributed by atoms with Gasteiger partial charge in [0.25, 0.3) is 5.78 Å². The van der Waals surface area contributed by atoms with Crippen LogP contribution in [0.2, 0.25) is 0 Å². The molecule has 2 atom stereocenters. The van der Waals surface area contributed by atoms with Crippen molar-refractivity contribution in [2.24, 2.45) is 0 Å². The van der Waals surface area contributed by atoms with Crippen LogP contribution in [0.5, 0.6) is 5.75 Å². The van der Waals surface area contributed by atoms with Crippen LogP contribution in [0.4, 0.5) is 10.1 Å². The summed E-state index contributed by atoms with van der Waals surface area (Å²) < 4.78 is 28.0. The summed E-state index contributed by atoms with van der Waals surface area (Å²) in [4.78, 5) is 30.8. The Bertz CT molecular complexity index is 1370. The van der Waals surface area contributed by atoms with E-state index in [1.807, 2.05) is 18.2 Å². The molecular formula is C27H24FN3O5. The molecule has 9 heteroatoms. The van der Waals surface area contributed by atoms with Crippen molar-refractivity contribution in [3.63, 3.8) is 0 Å². The Balaban J connectivity index is 1.54. The van der Waals surface area contributed by atoms with Crippen LogP contribution in [0.1, 0.15) is 34.8 Å². The topological polar surface area (TPSA) is 105 Å². The van der Waals surface area contributed by atoms with Crippen molar-refractivity contribution in [3.8, 4) is 5.75 Å². The Kier molecular flexibility index (Phi) is 6.39. The third-order valence-corrected chi connectivity index (χ3v) is 6.21. The number of nitrogens with one attached hydrogen (secondary N) is 1. The molecule has 1 aliphatic rings. The van der Waals surface area contributed by atoms with E-state index in [-0.39, 0.29) is 11.3 Å². The molecular weight excluding hydrogens is 465 g/mol. The van der Waals surface area contributed by atoms with Crippen LogP contribution in [0.3, 0.4) is 0 Å². The molecule has 0 spiro atoms. The Hall–Kier alpha value is -4.24. The minimum Gasteiger partial charge on any atom is -0.478 e. The Morgan fingerprint density at radius 3 is 2.47 bits per heavy atom. The van der Waals surface area contributed by atoms with E-state index in [4.69, 9.17) is 9.15 Å². The summed E-state index contributed by atoms with van der Waals surface area (Å²) in [6, 6.07) is 18.3. The maximum absolute atomic E-state index is 16.9. The van der Waals surface area contributed by atoms with Gasteiger partial charge in [0.15, 0.2) is 12.0 Å². The first kappa shape index (κ1) is 23.5. The lowest BCUT2D eigenvalue weighted by Gasteiger charge is -2.35. The molecule has 0 aliphatic carbocycles. The Morgan fingerprint density at radius 1 is 1.06 bits per heavy atom. The third-order valence-electron chi connectivity index (χ3n) is 6.21. The van der Waals surface area contributed by atoms with Crippen molar-refractivity contribution in [1.82, 2.24) is 9.88 Å². The van der Waals surface area contributed by atoms with E-state index < -0.39 is 23.8 Å². The molecule has 1 aliphatic heterocycles. The molecule has 4 aromatic rings. The lowest BCUT2D eigenvalue weighted by Crippen LogP contribution is -2.57. The zero-order chi connectivity index (χ0) is 25.1. The fraction of sp³-hybridized carbons (Fsp3) is 0.222. The normalized spacial score (nSPS) is 16.4. The number of ketones is 1. The van der Waals surface area contributed by atoms with Crippen molar-refractivity contribution in [1.29, 1.82) is 0 Å². The van der Waals surface area contributed by atoms with Crippen molar-refractivity contribution >= 4 is 28.5 Å². The van der Waals surface area contributed by atoms with E-state index in [9.17, 15) is 14.7 Å². The molecule has 1 fully saturated rings. The standard InChI is InChI=1S/C27H24FN3O5/c28-27(31-14-4-5-15-31,36-21-11-8-18(9-12-21)26(33)34)25(32)24(30-20-6-2-1-3-7-20)19-10-13-22-23(16-19)35-17-29-22/h1-3,6-13,16-17,24,30H,4-5,14-15H2,(H,33,34). The summed E-state index contributed by atoms with van der Waals surface area (Å²) in [5, 5.41) is 12.3. The second-order valence-corrected chi connectivity index (χ2v) is 8.57. The quantitative estimate of drug-likeness (QED) is 0.315. The molecule has 1 saturated heterocycles. The van der Waals surface area contributed by atoms with Crippen molar-refractivity contribution in [2.45, 2.75) is 24.9 Å². The van der Waals surface area contributed by atoms with Gasteiger partial charge in [0, 0.05) is 18.8 Å². The van der Waals surface area contributed by atoms with Gasteiger partial charge in [-0.2, -0.15) is 4.39 Å². The zero-order valence-corrected chi connectivity index (χ0v) is 19.3. The highest BCUT2D eigenvalue weighted by atomic mass is 19.2. The highest BCUT2D eigenvalue weighted by Crippen LogP contribution is 2.35. The molecule has 1 aromatic heterocycles. The van der Waals surface area contributed by atoms with Crippen LogP contribution in [-0.2, 0) is 4.79 Å². The number of anilines is 1. The van der Waals surface area contributed by atoms with E-state index in [0.717, 1.165) is 12.8 Å². The largest absolute Gasteiger partial charge is 0.478 e. The number of para-hydroxylation sites is 1. The number of rotatable bonds is 9. The summed E-state index contributed by atoms with van der Waals surface area (Å²) in [5.74, 6) is -4.70. The second kappa shape index (κ2) is 9.79. The van der Waals surface area contributed by atoms with Gasteiger partial charge in [-0.15, -0.1) is 0 Å². The summed E-state index contributed by atoms with van der Waals surface area (Å²) in [6.07, 6.45) is 2.76. The number of halogens is 1. The number of carboxylic acids is 1. The summed E-state index contributed by atoms with van der Waals surface area (Å²) in [6.45, 7) is 0.684. The highest BCUT2D eigenvalue weighted by molar-refractivity contribution is 5.94. The molecule has 184 valence electrons. The number of carbonyl (C=O) groups is 2.